The van der Waals surface area contributed by atoms with Gasteiger partial charge in [0.05, 0.1) is 18.0 Å². The number of carbonyl (C=O) groups is 2. The number of hydrogen-bond acceptors (Lipinski definition) is 5. The summed E-state index contributed by atoms with van der Waals surface area (Å²) in [6, 6.07) is 6.39. The van der Waals surface area contributed by atoms with Crippen LogP contribution in [0.15, 0.2) is 29.2 Å². The average Bonchev–Trinajstić information content (AvgIpc) is 3.00. The second-order valence-electron chi connectivity index (χ2n) is 7.35. The standard InChI is InChI=1S/C19H26N2O5S/c1-14(22)20(15-6-4-3-5-7-15)12-17-13-21(19(23)26-17)16-8-10-18(11-9-16)27(2,24)25/h8-11,15,17H,3-7,12-13H2,1-2H3. The van der Waals surface area contributed by atoms with E-state index in [1.807, 2.05) is 4.90 Å². The van der Waals surface area contributed by atoms with Gasteiger partial charge in [-0.05, 0) is 37.1 Å². The van der Waals surface area contributed by atoms with Crippen molar-refractivity contribution in [2.24, 2.45) is 0 Å². The Morgan fingerprint density at radius 3 is 2.37 bits per heavy atom. The Bertz CT molecular complexity index is 800. The molecular weight excluding hydrogens is 368 g/mol. The van der Waals surface area contributed by atoms with Crippen molar-refractivity contribution >= 4 is 27.5 Å². The fraction of sp³-hybridized carbons (Fsp3) is 0.579. The highest BCUT2D eigenvalue weighted by Gasteiger charge is 2.35. The molecule has 1 aromatic rings. The molecule has 0 bridgehead atoms. The molecule has 1 aromatic carbocycles. The summed E-state index contributed by atoms with van der Waals surface area (Å²) in [5.41, 5.74) is 0.585. The van der Waals surface area contributed by atoms with Gasteiger partial charge >= 0.3 is 6.09 Å². The summed E-state index contributed by atoms with van der Waals surface area (Å²) >= 11 is 0. The topological polar surface area (TPSA) is 84.0 Å². The predicted octanol–water partition coefficient (Wildman–Crippen LogP) is 2.60. The lowest BCUT2D eigenvalue weighted by Gasteiger charge is -2.34. The molecule has 7 nitrogen and oxygen atoms in total. The third-order valence-electron chi connectivity index (χ3n) is 5.27. The van der Waals surface area contributed by atoms with E-state index in [4.69, 9.17) is 4.74 Å². The Morgan fingerprint density at radius 1 is 1.19 bits per heavy atom. The first-order valence-electron chi connectivity index (χ1n) is 9.31. The summed E-state index contributed by atoms with van der Waals surface area (Å²) < 4.78 is 28.6. The normalized spacial score (nSPS) is 21.2. The highest BCUT2D eigenvalue weighted by Crippen LogP contribution is 2.26. The molecule has 2 fully saturated rings. The predicted molar refractivity (Wildman–Crippen MR) is 101 cm³/mol. The van der Waals surface area contributed by atoms with Crippen molar-refractivity contribution in [2.75, 3.05) is 24.2 Å². The molecule has 8 heteroatoms. The molecule has 1 heterocycles. The molecule has 3 rings (SSSR count). The van der Waals surface area contributed by atoms with E-state index >= 15 is 0 Å². The van der Waals surface area contributed by atoms with Gasteiger partial charge in [0.2, 0.25) is 5.91 Å². The van der Waals surface area contributed by atoms with E-state index in [9.17, 15) is 18.0 Å². The van der Waals surface area contributed by atoms with Crippen LogP contribution in [-0.2, 0) is 19.4 Å². The first-order valence-corrected chi connectivity index (χ1v) is 11.2. The van der Waals surface area contributed by atoms with Gasteiger partial charge in [-0.1, -0.05) is 19.3 Å². The molecule has 0 N–H and O–H groups in total. The van der Waals surface area contributed by atoms with Crippen LogP contribution in [0.25, 0.3) is 0 Å². The largest absolute Gasteiger partial charge is 0.442 e. The molecule has 1 atom stereocenters. The molecule has 2 aliphatic rings. The van der Waals surface area contributed by atoms with Gasteiger partial charge in [-0.25, -0.2) is 13.2 Å². The van der Waals surface area contributed by atoms with E-state index in [1.54, 1.807) is 19.1 Å². The van der Waals surface area contributed by atoms with Crippen LogP contribution in [-0.4, -0.2) is 56.8 Å². The summed E-state index contributed by atoms with van der Waals surface area (Å²) in [4.78, 5) is 27.9. The number of benzene rings is 1. The van der Waals surface area contributed by atoms with Gasteiger partial charge in [-0.3, -0.25) is 9.69 Å². The number of carbonyl (C=O) groups excluding carboxylic acids is 2. The van der Waals surface area contributed by atoms with E-state index < -0.39 is 22.0 Å². The van der Waals surface area contributed by atoms with Crippen molar-refractivity contribution in [2.45, 2.75) is 56.1 Å². The van der Waals surface area contributed by atoms with Crippen LogP contribution in [0.1, 0.15) is 39.0 Å². The van der Waals surface area contributed by atoms with Crippen molar-refractivity contribution in [3.8, 4) is 0 Å². The Hall–Kier alpha value is -2.09. The summed E-state index contributed by atoms with van der Waals surface area (Å²) in [5.74, 6) is 0.00824. The molecule has 1 saturated carbocycles. The van der Waals surface area contributed by atoms with Gasteiger partial charge in [-0.2, -0.15) is 0 Å². The number of rotatable bonds is 5. The molecule has 1 unspecified atom stereocenters. The molecular formula is C19H26N2O5S. The Morgan fingerprint density at radius 2 is 1.81 bits per heavy atom. The average molecular weight is 394 g/mol. The third-order valence-corrected chi connectivity index (χ3v) is 6.40. The molecule has 27 heavy (non-hydrogen) atoms. The molecule has 0 aromatic heterocycles. The second-order valence-corrected chi connectivity index (χ2v) is 9.36. The molecule has 0 spiro atoms. The monoisotopic (exact) mass is 394 g/mol. The number of ether oxygens (including phenoxy) is 1. The van der Waals surface area contributed by atoms with E-state index in [2.05, 4.69) is 0 Å². The molecule has 2 amide bonds. The smallest absolute Gasteiger partial charge is 0.414 e. The highest BCUT2D eigenvalue weighted by molar-refractivity contribution is 7.90. The fourth-order valence-electron chi connectivity index (χ4n) is 3.85. The minimum Gasteiger partial charge on any atom is -0.442 e. The van der Waals surface area contributed by atoms with Crippen LogP contribution in [0.4, 0.5) is 10.5 Å². The van der Waals surface area contributed by atoms with E-state index in [1.165, 1.54) is 23.5 Å². The lowest BCUT2D eigenvalue weighted by atomic mass is 9.94. The Kier molecular flexibility index (Phi) is 5.74. The summed E-state index contributed by atoms with van der Waals surface area (Å²) in [6.45, 7) is 2.30. The van der Waals surface area contributed by atoms with Gasteiger partial charge in [0.25, 0.3) is 0 Å². The van der Waals surface area contributed by atoms with Crippen LogP contribution in [0.3, 0.4) is 0 Å². The quantitative estimate of drug-likeness (QED) is 0.766. The van der Waals surface area contributed by atoms with Gasteiger partial charge in [-0.15, -0.1) is 0 Å². The number of sulfone groups is 1. The van der Waals surface area contributed by atoms with Gasteiger partial charge in [0.1, 0.15) is 6.10 Å². The maximum atomic E-state index is 12.3. The maximum absolute atomic E-state index is 12.3. The first kappa shape index (κ1) is 19.7. The summed E-state index contributed by atoms with van der Waals surface area (Å²) in [6.07, 6.45) is 5.72. The second kappa shape index (κ2) is 7.88. The van der Waals surface area contributed by atoms with Crippen molar-refractivity contribution in [1.82, 2.24) is 4.90 Å². The van der Waals surface area contributed by atoms with Crippen LogP contribution >= 0.6 is 0 Å². The van der Waals surface area contributed by atoms with Gasteiger partial charge in [0.15, 0.2) is 9.84 Å². The van der Waals surface area contributed by atoms with Crippen molar-refractivity contribution in [1.29, 1.82) is 0 Å². The van der Waals surface area contributed by atoms with Crippen LogP contribution in [0.2, 0.25) is 0 Å². The lowest BCUT2D eigenvalue weighted by molar-refractivity contribution is -0.133. The van der Waals surface area contributed by atoms with E-state index in [0.29, 0.717) is 18.8 Å². The summed E-state index contributed by atoms with van der Waals surface area (Å²) in [7, 11) is -3.28. The van der Waals surface area contributed by atoms with Crippen molar-refractivity contribution in [3.63, 3.8) is 0 Å². The number of anilines is 1. The highest BCUT2D eigenvalue weighted by atomic mass is 32.2. The van der Waals surface area contributed by atoms with Crippen LogP contribution in [0.5, 0.6) is 0 Å². The van der Waals surface area contributed by atoms with E-state index in [-0.39, 0.29) is 16.8 Å². The van der Waals surface area contributed by atoms with Crippen molar-refractivity contribution < 1.29 is 22.7 Å². The summed E-state index contributed by atoms with van der Waals surface area (Å²) in [5, 5.41) is 0. The minimum absolute atomic E-state index is 0.00824. The Balaban J connectivity index is 1.68. The fourth-order valence-corrected chi connectivity index (χ4v) is 4.48. The zero-order valence-electron chi connectivity index (χ0n) is 15.8. The minimum atomic E-state index is -3.28. The molecule has 1 saturated heterocycles. The Labute approximate surface area is 160 Å². The van der Waals surface area contributed by atoms with Crippen LogP contribution < -0.4 is 4.90 Å². The maximum Gasteiger partial charge on any atom is 0.414 e. The number of amides is 2. The molecule has 0 radical (unpaired) electrons. The molecule has 1 aliphatic carbocycles. The number of hydrogen-bond donors (Lipinski definition) is 0. The van der Waals surface area contributed by atoms with E-state index in [0.717, 1.165) is 31.9 Å². The van der Waals surface area contributed by atoms with Crippen molar-refractivity contribution in [3.05, 3.63) is 24.3 Å². The third kappa shape index (κ3) is 4.61. The lowest BCUT2D eigenvalue weighted by Crippen LogP contribution is -2.45. The molecule has 148 valence electrons. The van der Waals surface area contributed by atoms with Crippen LogP contribution in [0, 0.1) is 0 Å². The van der Waals surface area contributed by atoms with Gasteiger partial charge in [0, 0.05) is 24.9 Å². The first-order chi connectivity index (χ1) is 12.8. The number of nitrogens with zero attached hydrogens (tertiary/aromatic N) is 2. The zero-order chi connectivity index (χ0) is 19.6. The molecule has 1 aliphatic heterocycles. The zero-order valence-corrected chi connectivity index (χ0v) is 16.6. The number of cyclic esters (lactones) is 1. The van der Waals surface area contributed by atoms with Gasteiger partial charge < -0.3 is 9.64 Å². The SMILES string of the molecule is CC(=O)N(CC1CN(c2ccc(S(C)(=O)=O)cc2)C(=O)O1)C1CCCCC1.